The zero-order chi connectivity index (χ0) is 17.3. The molecule has 0 spiro atoms. The Morgan fingerprint density at radius 3 is 2.35 bits per heavy atom. The number of rotatable bonds is 4. The van der Waals surface area contributed by atoms with Crippen LogP contribution in [0.2, 0.25) is 0 Å². The van der Waals surface area contributed by atoms with E-state index in [-0.39, 0.29) is 17.7 Å². The second-order valence-corrected chi connectivity index (χ2v) is 7.02. The van der Waals surface area contributed by atoms with Crippen molar-refractivity contribution in [3.8, 4) is 0 Å². The van der Waals surface area contributed by atoms with Gasteiger partial charge in [0.15, 0.2) is 11.3 Å². The Bertz CT molecular complexity index is 631. The molecule has 1 aromatic rings. The van der Waals surface area contributed by atoms with Crippen molar-refractivity contribution in [1.82, 2.24) is 5.43 Å². The minimum absolute atomic E-state index is 0.136. The van der Waals surface area contributed by atoms with Gasteiger partial charge in [-0.05, 0) is 26.3 Å². The highest BCUT2D eigenvalue weighted by molar-refractivity contribution is 6.41. The molecule has 0 saturated carbocycles. The smallest absolute Gasteiger partial charge is 0.334 e. The fourth-order valence-corrected chi connectivity index (χ4v) is 2.74. The molecule has 0 saturated heterocycles. The van der Waals surface area contributed by atoms with Gasteiger partial charge in [-0.3, -0.25) is 10.2 Å². The number of ether oxygens (including phenoxy) is 1. The van der Waals surface area contributed by atoms with Crippen LogP contribution in [-0.2, 0) is 20.7 Å². The highest BCUT2D eigenvalue weighted by Gasteiger charge is 2.52. The number of carbonyl (C=O) groups excluding carboxylic acids is 2. The summed E-state index contributed by atoms with van der Waals surface area (Å²) in [7, 11) is 0. The van der Waals surface area contributed by atoms with Crippen molar-refractivity contribution in [3.05, 3.63) is 35.9 Å². The molecule has 0 unspecified atom stereocenters. The van der Waals surface area contributed by atoms with Crippen molar-refractivity contribution < 1.29 is 14.3 Å². The molecule has 1 N–H and O–H groups in total. The average molecular weight is 316 g/mol. The largest absolute Gasteiger partial charge is 0.458 e. The molecular formula is C18H24N2O3. The molecule has 0 fully saturated rings. The van der Waals surface area contributed by atoms with Gasteiger partial charge in [-0.2, -0.15) is 5.10 Å². The van der Waals surface area contributed by atoms with Crippen molar-refractivity contribution in [2.45, 2.75) is 52.2 Å². The monoisotopic (exact) mass is 316 g/mol. The molecule has 1 heterocycles. The molecule has 0 aliphatic carbocycles. The summed E-state index contributed by atoms with van der Waals surface area (Å²) < 4.78 is 5.61. The number of carbonyl (C=O) groups is 2. The number of nitrogens with zero attached hydrogens (tertiary/aromatic N) is 1. The fraction of sp³-hybridized carbons (Fsp3) is 0.500. The van der Waals surface area contributed by atoms with Gasteiger partial charge < -0.3 is 4.74 Å². The topological polar surface area (TPSA) is 67.8 Å². The number of hydrogen-bond donors (Lipinski definition) is 1. The fourth-order valence-electron chi connectivity index (χ4n) is 2.74. The lowest BCUT2D eigenvalue weighted by Crippen LogP contribution is -2.56. The average Bonchev–Trinajstić information content (AvgIpc) is 2.77. The summed E-state index contributed by atoms with van der Waals surface area (Å²) >= 11 is 0. The van der Waals surface area contributed by atoms with Crippen LogP contribution in [0.4, 0.5) is 0 Å². The lowest BCUT2D eigenvalue weighted by Gasteiger charge is -2.34. The number of Topliss-reactive ketones (excluding diaryl/α,β-unsaturated/α-hetero) is 1. The summed E-state index contributed by atoms with van der Waals surface area (Å²) in [5.74, 6) is -0.889. The van der Waals surface area contributed by atoms with E-state index in [9.17, 15) is 9.59 Å². The molecule has 2 atom stereocenters. The number of nitrogens with one attached hydrogen (secondary N) is 1. The number of ketones is 1. The molecule has 124 valence electrons. The van der Waals surface area contributed by atoms with Gasteiger partial charge in [-0.1, -0.05) is 37.3 Å². The van der Waals surface area contributed by atoms with Crippen LogP contribution in [0.1, 0.15) is 40.2 Å². The van der Waals surface area contributed by atoms with Gasteiger partial charge in [0.05, 0.1) is 0 Å². The van der Waals surface area contributed by atoms with E-state index in [4.69, 9.17) is 4.74 Å². The lowest BCUT2D eigenvalue weighted by atomic mass is 9.78. The Kier molecular flexibility index (Phi) is 4.59. The standard InChI is InChI=1S/C18H24N2O3/c1-12-15(13(2)21)19-20-18(12,16(22)23-17(3,4)5)11-14-9-7-6-8-10-14/h6-10,12,20H,11H2,1-5H3/t12-,18+/m0/s1. The van der Waals surface area contributed by atoms with Gasteiger partial charge in [0.25, 0.3) is 0 Å². The maximum absolute atomic E-state index is 12.9. The van der Waals surface area contributed by atoms with Gasteiger partial charge >= 0.3 is 5.97 Å². The van der Waals surface area contributed by atoms with Crippen molar-refractivity contribution in [3.63, 3.8) is 0 Å². The number of hydrazone groups is 1. The molecule has 2 rings (SSSR count). The maximum Gasteiger partial charge on any atom is 0.334 e. The summed E-state index contributed by atoms with van der Waals surface area (Å²) in [6.45, 7) is 8.78. The number of hydrogen-bond acceptors (Lipinski definition) is 5. The highest BCUT2D eigenvalue weighted by Crippen LogP contribution is 2.31. The van der Waals surface area contributed by atoms with Gasteiger partial charge in [0, 0.05) is 19.3 Å². The second kappa shape index (κ2) is 6.14. The molecule has 1 aliphatic heterocycles. The Morgan fingerprint density at radius 1 is 1.26 bits per heavy atom. The van der Waals surface area contributed by atoms with Crippen LogP contribution in [0.15, 0.2) is 35.4 Å². The summed E-state index contributed by atoms with van der Waals surface area (Å²) in [5.41, 5.74) is 2.61. The first-order valence-electron chi connectivity index (χ1n) is 7.79. The predicted octanol–water partition coefficient (Wildman–Crippen LogP) is 2.49. The van der Waals surface area contributed by atoms with Crippen molar-refractivity contribution in [1.29, 1.82) is 0 Å². The molecule has 5 nitrogen and oxygen atoms in total. The third kappa shape index (κ3) is 3.60. The number of benzene rings is 1. The molecule has 1 aromatic carbocycles. The van der Waals surface area contributed by atoms with Crippen molar-refractivity contribution >= 4 is 17.5 Å². The zero-order valence-corrected chi connectivity index (χ0v) is 14.3. The van der Waals surface area contributed by atoms with Gasteiger partial charge in [0.1, 0.15) is 11.3 Å². The molecule has 0 amide bonds. The van der Waals surface area contributed by atoms with Gasteiger partial charge in [0.2, 0.25) is 0 Å². The van der Waals surface area contributed by atoms with Gasteiger partial charge in [-0.15, -0.1) is 0 Å². The van der Waals surface area contributed by atoms with Crippen LogP contribution in [0.3, 0.4) is 0 Å². The van der Waals surface area contributed by atoms with E-state index in [0.717, 1.165) is 5.56 Å². The van der Waals surface area contributed by atoms with Crippen LogP contribution < -0.4 is 5.43 Å². The lowest BCUT2D eigenvalue weighted by molar-refractivity contribution is -0.164. The molecule has 0 bridgehead atoms. The van der Waals surface area contributed by atoms with E-state index in [1.54, 1.807) is 0 Å². The second-order valence-electron chi connectivity index (χ2n) is 7.02. The van der Waals surface area contributed by atoms with Crippen LogP contribution in [0.5, 0.6) is 0 Å². The third-order valence-corrected chi connectivity index (χ3v) is 3.97. The first-order chi connectivity index (χ1) is 10.7. The zero-order valence-electron chi connectivity index (χ0n) is 14.3. The summed E-state index contributed by atoms with van der Waals surface area (Å²) in [5, 5.41) is 4.13. The van der Waals surface area contributed by atoms with Gasteiger partial charge in [-0.25, -0.2) is 4.79 Å². The minimum Gasteiger partial charge on any atom is -0.458 e. The SMILES string of the molecule is CC(=O)C1=NN[C@@](Cc2ccccc2)(C(=O)OC(C)(C)C)[C@H]1C. The molecule has 0 aromatic heterocycles. The Morgan fingerprint density at radius 2 is 1.87 bits per heavy atom. The quantitative estimate of drug-likeness (QED) is 0.867. The maximum atomic E-state index is 12.9. The van der Waals surface area contributed by atoms with E-state index < -0.39 is 11.1 Å². The third-order valence-electron chi connectivity index (χ3n) is 3.97. The predicted molar refractivity (Wildman–Crippen MR) is 89.1 cm³/mol. The van der Waals surface area contributed by atoms with Crippen molar-refractivity contribution in [2.24, 2.45) is 11.0 Å². The van der Waals surface area contributed by atoms with Crippen molar-refractivity contribution in [2.75, 3.05) is 0 Å². The first-order valence-corrected chi connectivity index (χ1v) is 7.79. The molecule has 23 heavy (non-hydrogen) atoms. The summed E-state index contributed by atoms with van der Waals surface area (Å²) in [4.78, 5) is 24.7. The Hall–Kier alpha value is -2.17. The van der Waals surface area contributed by atoms with E-state index >= 15 is 0 Å². The molecular weight excluding hydrogens is 292 g/mol. The minimum atomic E-state index is -1.06. The Labute approximate surface area is 137 Å². The van der Waals surface area contributed by atoms with E-state index in [0.29, 0.717) is 12.1 Å². The summed E-state index contributed by atoms with van der Waals surface area (Å²) in [6.07, 6.45) is 0.407. The highest BCUT2D eigenvalue weighted by atomic mass is 16.6. The van der Waals surface area contributed by atoms with E-state index in [1.807, 2.05) is 58.0 Å². The summed E-state index contributed by atoms with van der Waals surface area (Å²) in [6, 6.07) is 9.67. The normalized spacial score (nSPS) is 23.9. The molecule has 1 aliphatic rings. The molecule has 5 heteroatoms. The first kappa shape index (κ1) is 17.2. The Balaban J connectivity index is 2.37. The van der Waals surface area contributed by atoms with Crippen LogP contribution >= 0.6 is 0 Å². The number of esters is 1. The van der Waals surface area contributed by atoms with Crippen LogP contribution in [0, 0.1) is 5.92 Å². The van der Waals surface area contributed by atoms with Crippen LogP contribution in [0.25, 0.3) is 0 Å². The van der Waals surface area contributed by atoms with Crippen LogP contribution in [-0.4, -0.2) is 28.6 Å². The van der Waals surface area contributed by atoms with E-state index in [1.165, 1.54) is 6.92 Å². The molecule has 0 radical (unpaired) electrons. The van der Waals surface area contributed by atoms with E-state index in [2.05, 4.69) is 10.5 Å².